The molecule has 1 aliphatic rings. The maximum Gasteiger partial charge on any atom is 0.277 e. The van der Waals surface area contributed by atoms with E-state index in [-0.39, 0.29) is 5.56 Å². The molecule has 0 saturated heterocycles. The summed E-state index contributed by atoms with van der Waals surface area (Å²) in [7, 11) is 0. The van der Waals surface area contributed by atoms with Crippen LogP contribution in [0.2, 0.25) is 0 Å². The highest BCUT2D eigenvalue weighted by molar-refractivity contribution is 7.98. The number of aryl methyl sites for hydroxylation is 1. The lowest BCUT2D eigenvalue weighted by Crippen LogP contribution is -2.18. The second-order valence-corrected chi connectivity index (χ2v) is 4.72. The van der Waals surface area contributed by atoms with Crippen LogP contribution in [0, 0.1) is 6.92 Å². The van der Waals surface area contributed by atoms with E-state index in [1.54, 1.807) is 17.8 Å². The minimum absolute atomic E-state index is 0.00171. The van der Waals surface area contributed by atoms with Crippen LogP contribution in [0.15, 0.2) is 16.9 Å². The number of H-pyrrole nitrogens is 1. The number of aromatic amines is 1. The fraction of sp³-hybridized carbons (Fsp3) is 0.300. The molecule has 1 N–H and O–H groups in total. The number of fused-ring (bicyclic) bond motifs is 1. The van der Waals surface area contributed by atoms with Gasteiger partial charge in [0.25, 0.3) is 5.56 Å². The highest BCUT2D eigenvalue weighted by Crippen LogP contribution is 2.25. The summed E-state index contributed by atoms with van der Waals surface area (Å²) in [5.74, 6) is 2.21. The maximum atomic E-state index is 12.0. The lowest BCUT2D eigenvalue weighted by molar-refractivity contribution is 0.774. The van der Waals surface area contributed by atoms with Gasteiger partial charge in [-0.1, -0.05) is 0 Å². The lowest BCUT2D eigenvalue weighted by Gasteiger charge is -2.00. The van der Waals surface area contributed by atoms with E-state index < -0.39 is 0 Å². The van der Waals surface area contributed by atoms with Gasteiger partial charge in [0.2, 0.25) is 0 Å². The van der Waals surface area contributed by atoms with Crippen LogP contribution >= 0.6 is 11.8 Å². The molecule has 1 aliphatic heterocycles. The van der Waals surface area contributed by atoms with Gasteiger partial charge in [-0.2, -0.15) is 21.5 Å². The number of nitrogens with zero attached hydrogens (tertiary/aromatic N) is 3. The van der Waals surface area contributed by atoms with E-state index in [2.05, 4.69) is 15.3 Å². The number of thioether (sulfide) groups is 1. The highest BCUT2D eigenvalue weighted by atomic mass is 32.2. The molecule has 16 heavy (non-hydrogen) atoms. The molecule has 0 spiro atoms. The Kier molecular flexibility index (Phi) is 2.10. The van der Waals surface area contributed by atoms with Crippen LogP contribution in [0.5, 0.6) is 0 Å². The van der Waals surface area contributed by atoms with Crippen LogP contribution in [0.4, 0.5) is 0 Å². The first-order valence-electron chi connectivity index (χ1n) is 4.97. The Morgan fingerprint density at radius 3 is 2.94 bits per heavy atom. The average Bonchev–Trinajstić information content (AvgIpc) is 2.84. The van der Waals surface area contributed by atoms with Crippen LogP contribution in [0.25, 0.3) is 5.82 Å². The van der Waals surface area contributed by atoms with Gasteiger partial charge in [-0.15, -0.1) is 5.10 Å². The summed E-state index contributed by atoms with van der Waals surface area (Å²) in [6, 6.07) is 3.64. The van der Waals surface area contributed by atoms with Crippen LogP contribution in [0.1, 0.15) is 17.0 Å². The average molecular weight is 234 g/mol. The molecule has 82 valence electrons. The van der Waals surface area contributed by atoms with E-state index >= 15 is 0 Å². The first-order chi connectivity index (χ1) is 7.75. The Labute approximate surface area is 95.9 Å². The molecular formula is C10H10N4OS. The molecule has 0 radical (unpaired) electrons. The molecular weight excluding hydrogens is 224 g/mol. The van der Waals surface area contributed by atoms with E-state index in [1.807, 2.05) is 13.0 Å². The number of rotatable bonds is 1. The molecule has 3 heterocycles. The SMILES string of the molecule is Cc1ccc(-n2[nH]c3c(c2=O)CSC3)nn1. The van der Waals surface area contributed by atoms with E-state index in [0.29, 0.717) is 5.82 Å². The van der Waals surface area contributed by atoms with Gasteiger partial charge in [0.1, 0.15) is 0 Å². The van der Waals surface area contributed by atoms with Crippen molar-refractivity contribution in [2.45, 2.75) is 18.4 Å². The zero-order valence-corrected chi connectivity index (χ0v) is 9.54. The van der Waals surface area contributed by atoms with E-state index in [4.69, 9.17) is 0 Å². The van der Waals surface area contributed by atoms with Crippen LogP contribution < -0.4 is 5.56 Å². The highest BCUT2D eigenvalue weighted by Gasteiger charge is 2.20. The van der Waals surface area contributed by atoms with Crippen molar-refractivity contribution in [2.75, 3.05) is 0 Å². The third-order valence-corrected chi connectivity index (χ3v) is 3.56. The summed E-state index contributed by atoms with van der Waals surface area (Å²) in [6.07, 6.45) is 0. The molecule has 2 aromatic heterocycles. The predicted octanol–water partition coefficient (Wildman–Crippen LogP) is 1.01. The Hall–Kier alpha value is -1.56. The van der Waals surface area contributed by atoms with Gasteiger partial charge in [-0.05, 0) is 19.1 Å². The van der Waals surface area contributed by atoms with Gasteiger partial charge in [0.05, 0.1) is 17.0 Å². The van der Waals surface area contributed by atoms with E-state index in [9.17, 15) is 4.79 Å². The Balaban J connectivity index is 2.14. The zero-order chi connectivity index (χ0) is 11.1. The van der Waals surface area contributed by atoms with Gasteiger partial charge >= 0.3 is 0 Å². The van der Waals surface area contributed by atoms with E-state index in [0.717, 1.165) is 28.5 Å². The second kappa shape index (κ2) is 3.48. The van der Waals surface area contributed by atoms with Crippen LogP contribution in [0.3, 0.4) is 0 Å². The number of hydrogen-bond donors (Lipinski definition) is 1. The molecule has 0 aromatic carbocycles. The molecule has 0 unspecified atom stereocenters. The zero-order valence-electron chi connectivity index (χ0n) is 8.73. The van der Waals surface area contributed by atoms with Gasteiger partial charge < -0.3 is 0 Å². The summed E-state index contributed by atoms with van der Waals surface area (Å²) < 4.78 is 1.47. The summed E-state index contributed by atoms with van der Waals surface area (Å²) in [5.41, 5.74) is 2.72. The molecule has 0 atom stereocenters. The van der Waals surface area contributed by atoms with Crippen molar-refractivity contribution < 1.29 is 0 Å². The quantitative estimate of drug-likeness (QED) is 0.800. The standard InChI is InChI=1S/C10H10N4OS/c1-6-2-3-9(12-11-6)14-10(15)7-4-16-5-8(7)13-14/h2-3,13H,4-5H2,1H3. The van der Waals surface area contributed by atoms with Crippen LogP contribution in [-0.4, -0.2) is 20.0 Å². The summed E-state index contributed by atoms with van der Waals surface area (Å²) in [6.45, 7) is 1.87. The minimum atomic E-state index is -0.00171. The normalized spacial score (nSPS) is 14.1. The number of aromatic nitrogens is 4. The third-order valence-electron chi connectivity index (χ3n) is 2.58. The Morgan fingerprint density at radius 1 is 1.38 bits per heavy atom. The molecule has 0 bridgehead atoms. The Bertz CT molecular complexity index is 584. The smallest absolute Gasteiger partial charge is 0.277 e. The van der Waals surface area contributed by atoms with Crippen molar-refractivity contribution in [3.05, 3.63) is 39.4 Å². The first kappa shape index (κ1) is 9.65. The number of nitrogens with one attached hydrogen (secondary N) is 1. The predicted molar refractivity (Wildman–Crippen MR) is 61.7 cm³/mol. The maximum absolute atomic E-state index is 12.0. The molecule has 2 aromatic rings. The second-order valence-electron chi connectivity index (χ2n) is 3.74. The summed E-state index contributed by atoms with van der Waals surface area (Å²) in [5, 5.41) is 11.0. The van der Waals surface area contributed by atoms with Crippen molar-refractivity contribution in [1.29, 1.82) is 0 Å². The minimum Gasteiger partial charge on any atom is -0.292 e. The molecule has 3 rings (SSSR count). The van der Waals surface area contributed by atoms with Crippen molar-refractivity contribution in [3.63, 3.8) is 0 Å². The fourth-order valence-corrected chi connectivity index (χ4v) is 2.76. The van der Waals surface area contributed by atoms with Crippen molar-refractivity contribution >= 4 is 11.8 Å². The molecule has 0 aliphatic carbocycles. The van der Waals surface area contributed by atoms with E-state index in [1.165, 1.54) is 4.68 Å². The third kappa shape index (κ3) is 1.37. The van der Waals surface area contributed by atoms with Gasteiger partial charge in [-0.25, -0.2) is 0 Å². The van der Waals surface area contributed by atoms with Gasteiger partial charge in [0, 0.05) is 11.5 Å². The molecule has 6 heteroatoms. The van der Waals surface area contributed by atoms with Crippen molar-refractivity contribution in [3.8, 4) is 5.82 Å². The summed E-state index contributed by atoms with van der Waals surface area (Å²) in [4.78, 5) is 12.0. The van der Waals surface area contributed by atoms with Crippen LogP contribution in [-0.2, 0) is 11.5 Å². The first-order valence-corrected chi connectivity index (χ1v) is 6.12. The summed E-state index contributed by atoms with van der Waals surface area (Å²) >= 11 is 1.75. The monoisotopic (exact) mass is 234 g/mol. The molecule has 0 amide bonds. The molecule has 5 nitrogen and oxygen atoms in total. The number of hydrogen-bond acceptors (Lipinski definition) is 4. The molecule has 0 saturated carbocycles. The molecule has 0 fully saturated rings. The Morgan fingerprint density at radius 2 is 2.25 bits per heavy atom. The largest absolute Gasteiger partial charge is 0.292 e. The lowest BCUT2D eigenvalue weighted by atomic mass is 10.3. The van der Waals surface area contributed by atoms with Crippen molar-refractivity contribution in [1.82, 2.24) is 20.0 Å². The van der Waals surface area contributed by atoms with Gasteiger partial charge in [0.15, 0.2) is 5.82 Å². The van der Waals surface area contributed by atoms with Gasteiger partial charge in [-0.3, -0.25) is 9.89 Å². The van der Waals surface area contributed by atoms with Crippen molar-refractivity contribution in [2.24, 2.45) is 0 Å². The fourth-order valence-electron chi connectivity index (χ4n) is 1.71. The topological polar surface area (TPSA) is 63.6 Å².